The monoisotopic (exact) mass is 204 g/mol. The van der Waals surface area contributed by atoms with E-state index in [9.17, 15) is 0 Å². The topological polar surface area (TPSA) is 0 Å². The molecule has 2 rings (SSSR count). The van der Waals surface area contributed by atoms with E-state index in [1.807, 2.05) is 32.4 Å². The summed E-state index contributed by atoms with van der Waals surface area (Å²) in [5.74, 6) is 0. The maximum atomic E-state index is 2.99. The molecule has 0 aromatic rings. The van der Waals surface area contributed by atoms with E-state index in [1.54, 1.807) is 0 Å². The third kappa shape index (κ3) is 22.5. The van der Waals surface area contributed by atoms with Gasteiger partial charge in [-0.25, -0.2) is 25.0 Å². The summed E-state index contributed by atoms with van der Waals surface area (Å²) < 4.78 is 0. The molecule has 0 spiro atoms. The molecule has 0 N–H and O–H groups in total. The fourth-order valence-corrected chi connectivity index (χ4v) is 0.340. The molecule has 12 heavy (non-hydrogen) atoms. The van der Waals surface area contributed by atoms with Gasteiger partial charge in [0.15, 0.2) is 0 Å². The van der Waals surface area contributed by atoms with E-state index in [2.05, 4.69) is 18.6 Å². The Morgan fingerprint density at radius 2 is 1.83 bits per heavy atom. The Morgan fingerprint density at radius 1 is 1.33 bits per heavy atom. The van der Waals surface area contributed by atoms with Crippen molar-refractivity contribution in [3.05, 3.63) is 37.1 Å². The maximum Gasteiger partial charge on any atom is 3.00 e. The molecule has 1 fully saturated rings. The Morgan fingerprint density at radius 3 is 1.92 bits per heavy atom. The SMILES string of the molecule is C[CH-]C.[C-]1=CC=CC1.[CH-]1CC1.[Mn+3]. The van der Waals surface area contributed by atoms with Crippen LogP contribution < -0.4 is 0 Å². The van der Waals surface area contributed by atoms with Gasteiger partial charge in [0, 0.05) is 0 Å². The molecule has 0 heterocycles. The molecule has 1 heteroatoms. The standard InChI is InChI=1S/C5H5.C3H5.C3H7.Mn/c1-2-4-5-3-1;1-2-3-1;1-3-2;/h1-3H,4H2;1H,2-3H2;3H,1-2H3;/q3*-1;+3. The third-order valence-electron chi connectivity index (χ3n) is 0.875. The second-order valence-corrected chi connectivity index (χ2v) is 2.45. The van der Waals surface area contributed by atoms with Gasteiger partial charge in [0.1, 0.15) is 0 Å². The van der Waals surface area contributed by atoms with Gasteiger partial charge in [0.25, 0.3) is 0 Å². The third-order valence-corrected chi connectivity index (χ3v) is 0.875. The summed E-state index contributed by atoms with van der Waals surface area (Å²) in [5.41, 5.74) is 0. The average Bonchev–Trinajstić information content (AvgIpc) is 2.76. The van der Waals surface area contributed by atoms with Gasteiger partial charge in [-0.3, -0.25) is 6.08 Å². The largest absolute Gasteiger partial charge is 3.00 e. The van der Waals surface area contributed by atoms with Crippen molar-refractivity contribution in [3.8, 4) is 0 Å². The Bertz CT molecular complexity index is 99.4. The van der Waals surface area contributed by atoms with E-state index >= 15 is 0 Å². The zero-order valence-electron chi connectivity index (χ0n) is 7.89. The Balaban J connectivity index is 0. The van der Waals surface area contributed by atoms with Crippen LogP contribution in [0.2, 0.25) is 0 Å². The van der Waals surface area contributed by atoms with Crippen LogP contribution in [0, 0.1) is 18.9 Å². The molecule has 0 amide bonds. The summed E-state index contributed by atoms with van der Waals surface area (Å²) in [7, 11) is 0. The van der Waals surface area contributed by atoms with Gasteiger partial charge in [0.2, 0.25) is 0 Å². The molecule has 2 aliphatic rings. The van der Waals surface area contributed by atoms with Crippen molar-refractivity contribution in [3.63, 3.8) is 0 Å². The van der Waals surface area contributed by atoms with Gasteiger partial charge in [-0.2, -0.15) is 19.9 Å². The van der Waals surface area contributed by atoms with Crippen molar-refractivity contribution < 1.29 is 17.1 Å². The van der Waals surface area contributed by atoms with Crippen LogP contribution in [0.25, 0.3) is 0 Å². The number of allylic oxidation sites excluding steroid dienone is 4. The predicted molar refractivity (Wildman–Crippen MR) is 50.8 cm³/mol. The van der Waals surface area contributed by atoms with Gasteiger partial charge in [-0.05, 0) is 0 Å². The first-order valence-electron chi connectivity index (χ1n) is 4.19. The van der Waals surface area contributed by atoms with E-state index in [-0.39, 0.29) is 17.1 Å². The number of rotatable bonds is 0. The summed E-state index contributed by atoms with van der Waals surface area (Å²) in [6.45, 7) is 4.00. The zero-order valence-corrected chi connectivity index (χ0v) is 9.07. The van der Waals surface area contributed by atoms with Crippen molar-refractivity contribution in [2.45, 2.75) is 33.1 Å². The van der Waals surface area contributed by atoms with Gasteiger partial charge < -0.3 is 12.8 Å². The average molecular weight is 204 g/mol. The van der Waals surface area contributed by atoms with Crippen LogP contribution in [0.1, 0.15) is 33.1 Å². The first-order valence-corrected chi connectivity index (χ1v) is 4.19. The second kappa shape index (κ2) is 13.6. The predicted octanol–water partition coefficient (Wildman–Crippen LogP) is 3.52. The summed E-state index contributed by atoms with van der Waals surface area (Å²) in [6, 6.07) is 0. The van der Waals surface area contributed by atoms with E-state index in [0.29, 0.717) is 0 Å². The molecule has 0 atom stereocenters. The molecule has 0 nitrogen and oxygen atoms in total. The molecular formula is C11H17Mn. The molecule has 2 aliphatic carbocycles. The molecule has 0 aromatic heterocycles. The molecule has 0 unspecified atom stereocenters. The maximum absolute atomic E-state index is 2.99. The van der Waals surface area contributed by atoms with Crippen LogP contribution in [0.5, 0.6) is 0 Å². The van der Waals surface area contributed by atoms with Crippen molar-refractivity contribution >= 4 is 0 Å². The number of hydrogen-bond acceptors (Lipinski definition) is 0. The second-order valence-electron chi connectivity index (χ2n) is 2.45. The van der Waals surface area contributed by atoms with E-state index in [1.165, 1.54) is 12.8 Å². The fourth-order valence-electron chi connectivity index (χ4n) is 0.340. The van der Waals surface area contributed by atoms with Crippen LogP contribution in [-0.2, 0) is 17.1 Å². The molecule has 0 aromatic carbocycles. The molecule has 0 saturated heterocycles. The van der Waals surface area contributed by atoms with Gasteiger partial charge >= 0.3 is 17.1 Å². The smallest absolute Gasteiger partial charge is 0.335 e. The summed E-state index contributed by atoms with van der Waals surface area (Å²) in [4.78, 5) is 0. The quantitative estimate of drug-likeness (QED) is 0.418. The normalized spacial score (nSPS) is 14.8. The molecular weight excluding hydrogens is 187 g/mol. The van der Waals surface area contributed by atoms with Crippen molar-refractivity contribution in [2.75, 3.05) is 0 Å². The number of hydrogen-bond donors (Lipinski definition) is 0. The van der Waals surface area contributed by atoms with Crippen LogP contribution in [0.3, 0.4) is 0 Å². The van der Waals surface area contributed by atoms with E-state index in [0.717, 1.165) is 6.42 Å². The van der Waals surface area contributed by atoms with Crippen molar-refractivity contribution in [1.82, 2.24) is 0 Å². The van der Waals surface area contributed by atoms with Crippen LogP contribution in [0.4, 0.5) is 0 Å². The van der Waals surface area contributed by atoms with Crippen molar-refractivity contribution in [1.29, 1.82) is 0 Å². The minimum atomic E-state index is 0. The van der Waals surface area contributed by atoms with Crippen LogP contribution in [0.15, 0.2) is 18.2 Å². The Kier molecular flexibility index (Phi) is 16.4. The molecule has 0 radical (unpaired) electrons. The summed E-state index contributed by atoms with van der Waals surface area (Å²) in [6.07, 6.45) is 17.0. The molecule has 68 valence electrons. The Labute approximate surface area is 87.6 Å². The summed E-state index contributed by atoms with van der Waals surface area (Å²) >= 11 is 0. The van der Waals surface area contributed by atoms with E-state index < -0.39 is 0 Å². The molecule has 1 saturated carbocycles. The van der Waals surface area contributed by atoms with Gasteiger partial charge in [0.05, 0.1) is 0 Å². The summed E-state index contributed by atoms with van der Waals surface area (Å²) in [5, 5.41) is 0. The van der Waals surface area contributed by atoms with Gasteiger partial charge in [-0.15, -0.1) is 6.42 Å². The molecule has 0 bridgehead atoms. The first-order chi connectivity index (χ1) is 5.41. The van der Waals surface area contributed by atoms with Crippen LogP contribution in [-0.4, -0.2) is 0 Å². The first kappa shape index (κ1) is 14.5. The fraction of sp³-hybridized carbons (Fsp3) is 0.455. The van der Waals surface area contributed by atoms with Crippen LogP contribution >= 0.6 is 0 Å². The zero-order chi connectivity index (χ0) is 8.36. The minimum absolute atomic E-state index is 0. The Hall–Kier alpha value is -0.000519. The molecule has 0 aliphatic heterocycles. The van der Waals surface area contributed by atoms with E-state index in [4.69, 9.17) is 0 Å². The minimum Gasteiger partial charge on any atom is -0.335 e. The van der Waals surface area contributed by atoms with Crippen molar-refractivity contribution in [2.24, 2.45) is 0 Å². The van der Waals surface area contributed by atoms with Gasteiger partial charge in [-0.1, -0.05) is 0 Å².